The van der Waals surface area contributed by atoms with Gasteiger partial charge in [-0.25, -0.2) is 0 Å². The lowest BCUT2D eigenvalue weighted by molar-refractivity contribution is 0.393. The summed E-state index contributed by atoms with van der Waals surface area (Å²) in [5, 5.41) is 0. The molecule has 0 bridgehead atoms. The molecule has 1 fully saturated rings. The molecule has 1 saturated carbocycles. The molecule has 23 heavy (non-hydrogen) atoms. The zero-order valence-electron chi connectivity index (χ0n) is 16.2. The van der Waals surface area contributed by atoms with Gasteiger partial charge in [-0.1, -0.05) is 58.1 Å². The Labute approximate surface area is 145 Å². The SMILES string of the molecule is CCCC1=CCCC(C(=NC(C)(CC)CC)C2CCCCC2)C1. The molecule has 2 aliphatic carbocycles. The number of aliphatic imine (C=N–C) groups is 1. The third-order valence-corrected chi connectivity index (χ3v) is 6.39. The molecule has 0 aromatic rings. The van der Waals surface area contributed by atoms with Gasteiger partial charge in [0.2, 0.25) is 0 Å². The quantitative estimate of drug-likeness (QED) is 0.350. The van der Waals surface area contributed by atoms with Gasteiger partial charge in [-0.2, -0.15) is 0 Å². The normalized spacial score (nSPS) is 24.6. The van der Waals surface area contributed by atoms with Gasteiger partial charge in [0.15, 0.2) is 0 Å². The number of rotatable bonds is 7. The number of hydrogen-bond donors (Lipinski definition) is 0. The molecule has 0 aromatic carbocycles. The minimum Gasteiger partial charge on any atom is -0.287 e. The van der Waals surface area contributed by atoms with Gasteiger partial charge >= 0.3 is 0 Å². The van der Waals surface area contributed by atoms with E-state index in [1.807, 2.05) is 0 Å². The molecule has 0 saturated heterocycles. The van der Waals surface area contributed by atoms with E-state index in [0.717, 1.165) is 11.8 Å². The first-order valence-electron chi connectivity index (χ1n) is 10.4. The van der Waals surface area contributed by atoms with Gasteiger partial charge in [-0.05, 0) is 64.2 Å². The van der Waals surface area contributed by atoms with Crippen LogP contribution in [0.5, 0.6) is 0 Å². The van der Waals surface area contributed by atoms with E-state index in [2.05, 4.69) is 33.8 Å². The molecule has 0 radical (unpaired) electrons. The lowest BCUT2D eigenvalue weighted by Crippen LogP contribution is -2.32. The van der Waals surface area contributed by atoms with Crippen LogP contribution in [0, 0.1) is 11.8 Å². The molecule has 0 heterocycles. The van der Waals surface area contributed by atoms with E-state index >= 15 is 0 Å². The van der Waals surface area contributed by atoms with E-state index in [-0.39, 0.29) is 5.54 Å². The third kappa shape index (κ3) is 5.19. The summed E-state index contributed by atoms with van der Waals surface area (Å²) in [4.78, 5) is 5.48. The molecule has 1 heteroatoms. The summed E-state index contributed by atoms with van der Waals surface area (Å²) in [6, 6.07) is 0. The maximum Gasteiger partial charge on any atom is 0.0574 e. The maximum atomic E-state index is 5.48. The highest BCUT2D eigenvalue weighted by Gasteiger charge is 2.30. The van der Waals surface area contributed by atoms with Crippen LogP contribution in [0.15, 0.2) is 16.6 Å². The Kier molecular flexibility index (Phi) is 7.37. The predicted molar refractivity (Wildman–Crippen MR) is 103 cm³/mol. The second-order valence-corrected chi connectivity index (χ2v) is 8.17. The number of nitrogens with zero attached hydrogens (tertiary/aromatic N) is 1. The van der Waals surface area contributed by atoms with E-state index in [1.54, 1.807) is 11.3 Å². The van der Waals surface area contributed by atoms with Gasteiger partial charge in [-0.15, -0.1) is 0 Å². The Morgan fingerprint density at radius 2 is 1.74 bits per heavy atom. The summed E-state index contributed by atoms with van der Waals surface area (Å²) in [6.45, 7) is 9.32. The fourth-order valence-corrected chi connectivity index (χ4v) is 4.40. The summed E-state index contributed by atoms with van der Waals surface area (Å²) >= 11 is 0. The van der Waals surface area contributed by atoms with E-state index < -0.39 is 0 Å². The van der Waals surface area contributed by atoms with Crippen LogP contribution in [-0.4, -0.2) is 11.3 Å². The van der Waals surface area contributed by atoms with Crippen molar-refractivity contribution >= 4 is 5.71 Å². The highest BCUT2D eigenvalue weighted by Crippen LogP contribution is 2.36. The Morgan fingerprint density at radius 1 is 1.04 bits per heavy atom. The molecule has 132 valence electrons. The molecule has 1 atom stereocenters. The van der Waals surface area contributed by atoms with Crippen molar-refractivity contribution in [1.82, 2.24) is 0 Å². The van der Waals surface area contributed by atoms with Crippen molar-refractivity contribution in [3.63, 3.8) is 0 Å². The Balaban J connectivity index is 2.22. The number of allylic oxidation sites excluding steroid dienone is 2. The third-order valence-electron chi connectivity index (χ3n) is 6.39. The molecule has 2 aliphatic rings. The van der Waals surface area contributed by atoms with Crippen LogP contribution in [0.2, 0.25) is 0 Å². The molecule has 0 aliphatic heterocycles. The lowest BCUT2D eigenvalue weighted by Gasteiger charge is -2.35. The van der Waals surface area contributed by atoms with Crippen LogP contribution >= 0.6 is 0 Å². The van der Waals surface area contributed by atoms with E-state index in [4.69, 9.17) is 4.99 Å². The predicted octanol–water partition coefficient (Wildman–Crippen LogP) is 7.11. The van der Waals surface area contributed by atoms with Crippen LogP contribution < -0.4 is 0 Å². The first kappa shape index (κ1) is 18.7. The topological polar surface area (TPSA) is 12.4 Å². The van der Waals surface area contributed by atoms with Gasteiger partial charge in [0, 0.05) is 11.6 Å². The smallest absolute Gasteiger partial charge is 0.0574 e. The highest BCUT2D eigenvalue weighted by atomic mass is 14.9. The van der Waals surface area contributed by atoms with E-state index in [0.29, 0.717) is 0 Å². The summed E-state index contributed by atoms with van der Waals surface area (Å²) in [5.41, 5.74) is 3.50. The summed E-state index contributed by atoms with van der Waals surface area (Å²) in [7, 11) is 0. The average molecular weight is 318 g/mol. The summed E-state index contributed by atoms with van der Waals surface area (Å²) < 4.78 is 0. The molecule has 2 rings (SSSR count). The van der Waals surface area contributed by atoms with Crippen molar-refractivity contribution in [3.8, 4) is 0 Å². The minimum atomic E-state index is 0.166. The van der Waals surface area contributed by atoms with Crippen molar-refractivity contribution in [2.45, 2.75) is 110 Å². The Morgan fingerprint density at radius 3 is 2.35 bits per heavy atom. The highest BCUT2D eigenvalue weighted by molar-refractivity contribution is 5.90. The van der Waals surface area contributed by atoms with Crippen LogP contribution in [-0.2, 0) is 0 Å². The second-order valence-electron chi connectivity index (χ2n) is 8.17. The van der Waals surface area contributed by atoms with Crippen molar-refractivity contribution in [3.05, 3.63) is 11.6 Å². The van der Waals surface area contributed by atoms with Crippen molar-refractivity contribution in [2.24, 2.45) is 16.8 Å². The van der Waals surface area contributed by atoms with Crippen molar-refractivity contribution in [2.75, 3.05) is 0 Å². The molecule has 1 nitrogen and oxygen atoms in total. The zero-order chi connectivity index (χ0) is 16.7. The molecule has 0 aromatic heterocycles. The van der Waals surface area contributed by atoms with Crippen molar-refractivity contribution in [1.29, 1.82) is 0 Å². The molecule has 0 spiro atoms. The van der Waals surface area contributed by atoms with E-state index in [1.165, 1.54) is 77.0 Å². The van der Waals surface area contributed by atoms with Crippen molar-refractivity contribution < 1.29 is 0 Å². The Hall–Kier alpha value is -0.590. The number of hydrogen-bond acceptors (Lipinski definition) is 1. The fraction of sp³-hybridized carbons (Fsp3) is 0.864. The Bertz CT molecular complexity index is 408. The molecular formula is C22H39N. The van der Waals surface area contributed by atoms with Crippen LogP contribution in [0.25, 0.3) is 0 Å². The van der Waals surface area contributed by atoms with Gasteiger partial charge < -0.3 is 0 Å². The van der Waals surface area contributed by atoms with E-state index in [9.17, 15) is 0 Å². The van der Waals surface area contributed by atoms with Crippen LogP contribution in [0.3, 0.4) is 0 Å². The summed E-state index contributed by atoms with van der Waals surface area (Å²) in [5.74, 6) is 1.52. The standard InChI is InChI=1S/C22H39N/c1-5-12-18-13-11-16-20(17-18)21(19-14-9-8-10-15-19)23-22(4,6-2)7-3/h13,19-20H,5-12,14-17H2,1-4H3. The molecule has 1 unspecified atom stereocenters. The largest absolute Gasteiger partial charge is 0.287 e. The van der Waals surface area contributed by atoms with Crippen LogP contribution in [0.4, 0.5) is 0 Å². The second kappa shape index (κ2) is 9.04. The monoisotopic (exact) mass is 317 g/mol. The van der Waals surface area contributed by atoms with Gasteiger partial charge in [0.1, 0.15) is 0 Å². The van der Waals surface area contributed by atoms with Crippen LogP contribution in [0.1, 0.15) is 105 Å². The van der Waals surface area contributed by atoms with Gasteiger partial charge in [0.25, 0.3) is 0 Å². The van der Waals surface area contributed by atoms with Gasteiger partial charge in [0.05, 0.1) is 5.54 Å². The summed E-state index contributed by atoms with van der Waals surface area (Å²) in [6.07, 6.45) is 18.4. The molecule has 0 N–H and O–H groups in total. The van der Waals surface area contributed by atoms with Gasteiger partial charge in [-0.3, -0.25) is 4.99 Å². The first-order valence-corrected chi connectivity index (χ1v) is 10.4. The fourth-order valence-electron chi connectivity index (χ4n) is 4.40. The average Bonchev–Trinajstić information content (AvgIpc) is 2.61. The molecule has 0 amide bonds. The minimum absolute atomic E-state index is 0.166. The maximum absolute atomic E-state index is 5.48. The first-order chi connectivity index (χ1) is 11.1. The zero-order valence-corrected chi connectivity index (χ0v) is 16.2. The molecular weight excluding hydrogens is 278 g/mol. The lowest BCUT2D eigenvalue weighted by atomic mass is 9.75.